The molecular formula is C9H4N4. The van der Waals surface area contributed by atoms with E-state index < -0.39 is 0 Å². The summed E-state index contributed by atoms with van der Waals surface area (Å²) < 4.78 is 0. The van der Waals surface area contributed by atoms with Crippen molar-refractivity contribution in [1.82, 2.24) is 0 Å². The van der Waals surface area contributed by atoms with Crippen LogP contribution in [-0.4, -0.2) is 10.5 Å². The summed E-state index contributed by atoms with van der Waals surface area (Å²) in [5.41, 5.74) is 9.33. The summed E-state index contributed by atoms with van der Waals surface area (Å²) >= 11 is 0. The van der Waals surface area contributed by atoms with Crippen molar-refractivity contribution >= 4 is 5.71 Å². The van der Waals surface area contributed by atoms with Crippen LogP contribution in [0.4, 0.5) is 0 Å². The minimum absolute atomic E-state index is 0.0458. The van der Waals surface area contributed by atoms with Gasteiger partial charge in [-0.3, -0.25) is 0 Å². The van der Waals surface area contributed by atoms with Gasteiger partial charge in [0.1, 0.15) is 17.7 Å². The van der Waals surface area contributed by atoms with E-state index in [1.54, 1.807) is 24.3 Å². The van der Waals surface area contributed by atoms with Crippen molar-refractivity contribution in [2.75, 3.05) is 0 Å². The predicted molar refractivity (Wildman–Crippen MR) is 45.2 cm³/mol. The van der Waals surface area contributed by atoms with Gasteiger partial charge in [-0.15, -0.1) is 0 Å². The zero-order valence-corrected chi connectivity index (χ0v) is 6.60. The lowest BCUT2D eigenvalue weighted by molar-refractivity contribution is -0.00156. The minimum Gasteiger partial charge on any atom is -0.361 e. The average molecular weight is 168 g/mol. The number of allylic oxidation sites excluding steroid dienone is 6. The zero-order valence-electron chi connectivity index (χ0n) is 6.60. The van der Waals surface area contributed by atoms with Gasteiger partial charge in [-0.2, -0.15) is 15.3 Å². The Bertz CT molecular complexity index is 411. The molecule has 0 heterocycles. The highest BCUT2D eigenvalue weighted by molar-refractivity contribution is 6.02. The summed E-state index contributed by atoms with van der Waals surface area (Å²) in [4.78, 5) is 2.95. The highest BCUT2D eigenvalue weighted by Gasteiger charge is 2.07. The van der Waals surface area contributed by atoms with Gasteiger partial charge in [-0.05, 0) is 12.2 Å². The fourth-order valence-electron chi connectivity index (χ4n) is 0.849. The molecule has 1 aliphatic carbocycles. The van der Waals surface area contributed by atoms with Gasteiger partial charge < -0.3 is 5.53 Å². The minimum atomic E-state index is 0.0458. The van der Waals surface area contributed by atoms with Gasteiger partial charge in [0, 0.05) is 17.7 Å². The molecule has 0 N–H and O–H groups in total. The van der Waals surface area contributed by atoms with Crippen LogP contribution in [-0.2, 0) is 0 Å². The molecule has 0 atom stereocenters. The maximum absolute atomic E-state index is 8.52. The number of hydrogen-bond acceptors (Lipinski definition) is 2. The third kappa shape index (κ3) is 1.78. The molecule has 4 nitrogen and oxygen atoms in total. The van der Waals surface area contributed by atoms with Crippen LogP contribution in [0.2, 0.25) is 0 Å². The van der Waals surface area contributed by atoms with Crippen LogP contribution in [0, 0.1) is 22.7 Å². The predicted octanol–water partition coefficient (Wildman–Crippen LogP) is 1.13. The summed E-state index contributed by atoms with van der Waals surface area (Å²) in [6.07, 6.45) is 6.14. The lowest BCUT2D eigenvalue weighted by atomic mass is 10.0. The number of rotatable bonds is 0. The molecule has 0 spiro atoms. The van der Waals surface area contributed by atoms with Gasteiger partial charge in [-0.1, -0.05) is 0 Å². The van der Waals surface area contributed by atoms with Crippen LogP contribution in [0.3, 0.4) is 0 Å². The van der Waals surface area contributed by atoms with Crippen molar-refractivity contribution in [3.8, 4) is 12.1 Å². The van der Waals surface area contributed by atoms with E-state index >= 15 is 0 Å². The van der Waals surface area contributed by atoms with Gasteiger partial charge >= 0.3 is 5.71 Å². The third-order valence-corrected chi connectivity index (χ3v) is 1.50. The Labute approximate surface area is 75.0 Å². The molecule has 0 radical (unpaired) electrons. The summed E-state index contributed by atoms with van der Waals surface area (Å²) in [5.74, 6) is 0. The molecule has 0 aromatic heterocycles. The molecule has 1 rings (SSSR count). The van der Waals surface area contributed by atoms with Crippen molar-refractivity contribution in [1.29, 1.82) is 10.5 Å². The molecule has 0 aromatic rings. The summed E-state index contributed by atoms with van der Waals surface area (Å²) in [5, 5.41) is 17.0. The summed E-state index contributed by atoms with van der Waals surface area (Å²) in [7, 11) is 0. The van der Waals surface area contributed by atoms with E-state index in [2.05, 4.69) is 4.79 Å². The van der Waals surface area contributed by atoms with E-state index in [1.807, 2.05) is 0 Å². The molecule has 0 aromatic carbocycles. The molecule has 0 unspecified atom stereocenters. The maximum Gasteiger partial charge on any atom is 0.315 e. The quantitative estimate of drug-likeness (QED) is 0.308. The first-order valence-corrected chi connectivity index (χ1v) is 3.44. The Morgan fingerprint density at radius 3 is 2.08 bits per heavy atom. The van der Waals surface area contributed by atoms with Crippen molar-refractivity contribution < 1.29 is 4.79 Å². The Balaban J connectivity index is 3.14. The van der Waals surface area contributed by atoms with Crippen molar-refractivity contribution in [2.24, 2.45) is 0 Å². The second kappa shape index (κ2) is 3.82. The topological polar surface area (TPSA) is 84.0 Å². The molecule has 0 bridgehead atoms. The average Bonchev–Trinajstić information content (AvgIpc) is 2.21. The monoisotopic (exact) mass is 168 g/mol. The van der Waals surface area contributed by atoms with Crippen LogP contribution in [0.15, 0.2) is 35.5 Å². The van der Waals surface area contributed by atoms with Crippen LogP contribution in [0.1, 0.15) is 0 Å². The molecule has 1 aliphatic rings. The Kier molecular flexibility index (Phi) is 2.55. The van der Waals surface area contributed by atoms with Gasteiger partial charge in [0.25, 0.3) is 0 Å². The number of hydrogen-bond donors (Lipinski definition) is 0. The molecule has 0 saturated carbocycles. The highest BCUT2D eigenvalue weighted by Crippen LogP contribution is 2.10. The lowest BCUT2D eigenvalue weighted by Gasteiger charge is -1.95. The number of nitrogens with zero attached hydrogens (tertiary/aromatic N) is 4. The van der Waals surface area contributed by atoms with Crippen LogP contribution < -0.4 is 0 Å². The molecular weight excluding hydrogens is 164 g/mol. The van der Waals surface area contributed by atoms with Gasteiger partial charge in [0.15, 0.2) is 0 Å². The first-order chi connectivity index (χ1) is 6.31. The van der Waals surface area contributed by atoms with Crippen molar-refractivity contribution in [3.05, 3.63) is 41.0 Å². The van der Waals surface area contributed by atoms with Crippen molar-refractivity contribution in [3.63, 3.8) is 0 Å². The fraction of sp³-hybridized carbons (Fsp3) is 0. The van der Waals surface area contributed by atoms with Gasteiger partial charge in [-0.25, -0.2) is 0 Å². The fourth-order valence-corrected chi connectivity index (χ4v) is 0.849. The number of nitriles is 2. The van der Waals surface area contributed by atoms with Crippen molar-refractivity contribution in [2.45, 2.75) is 0 Å². The third-order valence-electron chi connectivity index (χ3n) is 1.50. The zero-order chi connectivity index (χ0) is 9.68. The SMILES string of the molecule is N#CC(C#N)=C1C=CC(=[N+]=[N-])C=C1. The van der Waals surface area contributed by atoms with Crippen LogP contribution >= 0.6 is 0 Å². The van der Waals surface area contributed by atoms with Crippen LogP contribution in [0.5, 0.6) is 0 Å². The van der Waals surface area contributed by atoms with Crippen LogP contribution in [0.25, 0.3) is 5.53 Å². The Hall–Kier alpha value is -2.42. The first-order valence-electron chi connectivity index (χ1n) is 3.44. The highest BCUT2D eigenvalue weighted by atomic mass is 14.8. The largest absolute Gasteiger partial charge is 0.361 e. The van der Waals surface area contributed by atoms with E-state index in [1.165, 1.54) is 12.2 Å². The molecule has 0 fully saturated rings. The smallest absolute Gasteiger partial charge is 0.315 e. The standard InChI is InChI=1S/C9H4N4/c10-5-8(6-11)7-1-3-9(13-12)4-2-7/h1-4H. The van der Waals surface area contributed by atoms with E-state index in [-0.39, 0.29) is 5.57 Å². The molecule has 60 valence electrons. The van der Waals surface area contributed by atoms with E-state index in [4.69, 9.17) is 16.1 Å². The maximum atomic E-state index is 8.52. The van der Waals surface area contributed by atoms with E-state index in [9.17, 15) is 0 Å². The second-order valence-electron chi connectivity index (χ2n) is 2.25. The van der Waals surface area contributed by atoms with Gasteiger partial charge in [0.05, 0.1) is 0 Å². The second-order valence-corrected chi connectivity index (χ2v) is 2.25. The molecule has 4 heteroatoms. The Morgan fingerprint density at radius 1 is 1.15 bits per heavy atom. The summed E-state index contributed by atoms with van der Waals surface area (Å²) in [6.45, 7) is 0. The normalized spacial score (nSPS) is 13.1. The molecule has 13 heavy (non-hydrogen) atoms. The Morgan fingerprint density at radius 2 is 1.69 bits per heavy atom. The van der Waals surface area contributed by atoms with E-state index in [0.717, 1.165) is 0 Å². The summed E-state index contributed by atoms with van der Waals surface area (Å²) in [6, 6.07) is 3.54. The lowest BCUT2D eigenvalue weighted by Crippen LogP contribution is -1.95. The molecule has 0 amide bonds. The molecule has 0 saturated heterocycles. The van der Waals surface area contributed by atoms with Gasteiger partial charge in [0.2, 0.25) is 0 Å². The molecule has 0 aliphatic heterocycles. The van der Waals surface area contributed by atoms with E-state index in [0.29, 0.717) is 11.3 Å². The first kappa shape index (κ1) is 8.67.